The van der Waals surface area contributed by atoms with Crippen molar-refractivity contribution in [3.05, 3.63) is 29.8 Å². The van der Waals surface area contributed by atoms with E-state index in [1.165, 1.54) is 0 Å². The number of nitrogens with zero attached hydrogens (tertiary/aromatic N) is 3. The molecular weight excluding hydrogens is 342 g/mol. The highest BCUT2D eigenvalue weighted by Gasteiger charge is 2.12. The molecule has 2 N–H and O–H groups in total. The molecule has 1 aromatic heterocycles. The maximum Gasteiger partial charge on any atom is 0.264 e. The summed E-state index contributed by atoms with van der Waals surface area (Å²) in [5, 5.41) is 18.7. The Hall–Kier alpha value is -2.71. The molecular formula is C12H11N5O4S2. The molecule has 1 aromatic carbocycles. The second-order valence-electron chi connectivity index (χ2n) is 4.23. The maximum absolute atomic E-state index is 11.8. The average molecular weight is 353 g/mol. The van der Waals surface area contributed by atoms with Gasteiger partial charge in [-0.2, -0.15) is 5.26 Å². The quantitative estimate of drug-likeness (QED) is 0.784. The molecule has 0 unspecified atom stereocenters. The second kappa shape index (κ2) is 7.03. The molecule has 0 atom stereocenters. The highest BCUT2D eigenvalue weighted by atomic mass is 32.2. The summed E-state index contributed by atoms with van der Waals surface area (Å²) in [4.78, 5) is 11.8. The minimum atomic E-state index is -3.46. The van der Waals surface area contributed by atoms with Crippen LogP contribution in [0.15, 0.2) is 24.3 Å². The van der Waals surface area contributed by atoms with E-state index in [1.807, 2.05) is 6.07 Å². The van der Waals surface area contributed by atoms with E-state index in [4.69, 9.17) is 10.00 Å². The zero-order chi connectivity index (χ0) is 16.9. The highest BCUT2D eigenvalue weighted by Crippen LogP contribution is 2.21. The average Bonchev–Trinajstić information content (AvgIpc) is 2.90. The van der Waals surface area contributed by atoms with Gasteiger partial charge in [0, 0.05) is 0 Å². The van der Waals surface area contributed by atoms with Crippen molar-refractivity contribution in [1.82, 2.24) is 10.2 Å². The summed E-state index contributed by atoms with van der Waals surface area (Å²) in [6, 6.07) is 8.46. The van der Waals surface area contributed by atoms with Crippen molar-refractivity contribution >= 4 is 37.5 Å². The van der Waals surface area contributed by atoms with E-state index in [1.54, 1.807) is 24.3 Å². The number of rotatable bonds is 6. The number of hydrogen-bond donors (Lipinski definition) is 2. The number of aromatic nitrogens is 2. The molecule has 0 fully saturated rings. The molecule has 2 aromatic rings. The smallest absolute Gasteiger partial charge is 0.264 e. The standard InChI is InChI=1S/C12H11N5O4S2/c1-23(19,20)17-12-16-15-11(22-12)14-10(18)7-21-9-5-3-2-4-8(9)6-13/h2-5H,7H2,1H3,(H,16,17)(H,14,15,18). The lowest BCUT2D eigenvalue weighted by atomic mass is 10.2. The van der Waals surface area contributed by atoms with E-state index in [0.717, 1.165) is 17.6 Å². The monoisotopic (exact) mass is 353 g/mol. The minimum Gasteiger partial charge on any atom is -0.482 e. The molecule has 1 heterocycles. The molecule has 0 spiro atoms. The molecule has 1 amide bonds. The van der Waals surface area contributed by atoms with Gasteiger partial charge in [-0.1, -0.05) is 23.5 Å². The van der Waals surface area contributed by atoms with Crippen LogP contribution in [0.2, 0.25) is 0 Å². The number of amides is 1. The van der Waals surface area contributed by atoms with Gasteiger partial charge >= 0.3 is 0 Å². The van der Waals surface area contributed by atoms with Crippen LogP contribution in [-0.2, 0) is 14.8 Å². The van der Waals surface area contributed by atoms with Gasteiger partial charge in [0.2, 0.25) is 20.3 Å². The van der Waals surface area contributed by atoms with E-state index in [2.05, 4.69) is 20.2 Å². The van der Waals surface area contributed by atoms with Crippen molar-refractivity contribution in [2.75, 3.05) is 22.9 Å². The number of sulfonamides is 1. The van der Waals surface area contributed by atoms with Gasteiger partial charge in [0.25, 0.3) is 5.91 Å². The van der Waals surface area contributed by atoms with Crippen LogP contribution in [0.5, 0.6) is 5.75 Å². The molecule has 0 bridgehead atoms. The number of benzene rings is 1. The Morgan fingerprint density at radius 2 is 2.04 bits per heavy atom. The molecule has 0 aliphatic rings. The summed E-state index contributed by atoms with van der Waals surface area (Å²) in [6.07, 6.45) is 0.979. The molecule has 0 aliphatic carbocycles. The Balaban J connectivity index is 1.92. The normalized spacial score (nSPS) is 10.6. The van der Waals surface area contributed by atoms with E-state index in [9.17, 15) is 13.2 Å². The number of carbonyl (C=O) groups excluding carboxylic acids is 1. The Morgan fingerprint density at radius 1 is 1.35 bits per heavy atom. The number of hydrogen-bond acceptors (Lipinski definition) is 8. The lowest BCUT2D eigenvalue weighted by Gasteiger charge is -2.06. The first-order chi connectivity index (χ1) is 10.9. The number of carbonyl (C=O) groups is 1. The number of para-hydroxylation sites is 1. The lowest BCUT2D eigenvalue weighted by Crippen LogP contribution is -2.20. The fourth-order valence-electron chi connectivity index (χ4n) is 1.46. The Labute approximate surface area is 136 Å². The molecule has 9 nitrogen and oxygen atoms in total. The first kappa shape index (κ1) is 16.7. The van der Waals surface area contributed by atoms with Gasteiger partial charge in [-0.25, -0.2) is 8.42 Å². The molecule has 2 rings (SSSR count). The van der Waals surface area contributed by atoms with Crippen molar-refractivity contribution in [3.8, 4) is 11.8 Å². The molecule has 23 heavy (non-hydrogen) atoms. The van der Waals surface area contributed by atoms with Crippen LogP contribution in [0, 0.1) is 11.3 Å². The van der Waals surface area contributed by atoms with Crippen LogP contribution < -0.4 is 14.8 Å². The van der Waals surface area contributed by atoms with Crippen molar-refractivity contribution < 1.29 is 17.9 Å². The first-order valence-electron chi connectivity index (χ1n) is 6.10. The largest absolute Gasteiger partial charge is 0.482 e. The fourth-order valence-corrected chi connectivity index (χ4v) is 2.95. The topological polar surface area (TPSA) is 134 Å². The maximum atomic E-state index is 11.8. The van der Waals surface area contributed by atoms with Crippen LogP contribution in [0.25, 0.3) is 0 Å². The predicted octanol–water partition coefficient (Wildman–Crippen LogP) is 0.799. The molecule has 11 heteroatoms. The Kier molecular flexibility index (Phi) is 5.09. The molecule has 0 saturated heterocycles. The van der Waals surface area contributed by atoms with Crippen molar-refractivity contribution in [2.45, 2.75) is 0 Å². The van der Waals surface area contributed by atoms with Crippen LogP contribution in [0.4, 0.5) is 10.3 Å². The van der Waals surface area contributed by atoms with E-state index in [0.29, 0.717) is 11.3 Å². The van der Waals surface area contributed by atoms with E-state index in [-0.39, 0.29) is 16.9 Å². The zero-order valence-electron chi connectivity index (χ0n) is 11.8. The van der Waals surface area contributed by atoms with Gasteiger partial charge in [0.05, 0.1) is 11.8 Å². The number of nitriles is 1. The summed E-state index contributed by atoms with van der Waals surface area (Å²) in [7, 11) is -3.46. The van der Waals surface area contributed by atoms with Crippen LogP contribution >= 0.6 is 11.3 Å². The summed E-state index contributed by atoms with van der Waals surface area (Å²) >= 11 is 0.865. The summed E-state index contributed by atoms with van der Waals surface area (Å²) in [6.45, 7) is -0.326. The zero-order valence-corrected chi connectivity index (χ0v) is 13.4. The fraction of sp³-hybridized carbons (Fsp3) is 0.167. The Bertz CT molecular complexity index is 856. The minimum absolute atomic E-state index is 0.0403. The van der Waals surface area contributed by atoms with Gasteiger partial charge in [-0.05, 0) is 12.1 Å². The Morgan fingerprint density at radius 3 is 2.74 bits per heavy atom. The first-order valence-corrected chi connectivity index (χ1v) is 8.81. The predicted molar refractivity (Wildman–Crippen MR) is 83.7 cm³/mol. The number of ether oxygens (including phenoxy) is 1. The van der Waals surface area contributed by atoms with Crippen LogP contribution in [0.1, 0.15) is 5.56 Å². The van der Waals surface area contributed by atoms with Gasteiger partial charge in [0.1, 0.15) is 11.8 Å². The summed E-state index contributed by atoms with van der Waals surface area (Å²) < 4.78 is 29.5. The summed E-state index contributed by atoms with van der Waals surface area (Å²) in [5.74, 6) is -0.221. The van der Waals surface area contributed by atoms with Gasteiger partial charge < -0.3 is 4.74 Å². The van der Waals surface area contributed by atoms with Crippen molar-refractivity contribution in [2.24, 2.45) is 0 Å². The van der Waals surface area contributed by atoms with E-state index < -0.39 is 15.9 Å². The third-order valence-corrected chi connectivity index (χ3v) is 3.76. The SMILES string of the molecule is CS(=O)(=O)Nc1nnc(NC(=O)COc2ccccc2C#N)s1. The molecule has 0 saturated carbocycles. The van der Waals surface area contributed by atoms with Gasteiger partial charge in [0.15, 0.2) is 6.61 Å². The van der Waals surface area contributed by atoms with Crippen LogP contribution in [0.3, 0.4) is 0 Å². The highest BCUT2D eigenvalue weighted by molar-refractivity contribution is 7.92. The number of anilines is 2. The summed E-state index contributed by atoms with van der Waals surface area (Å²) in [5.41, 5.74) is 0.316. The third-order valence-electron chi connectivity index (χ3n) is 2.31. The molecule has 0 radical (unpaired) electrons. The van der Waals surface area contributed by atoms with Crippen LogP contribution in [-0.4, -0.2) is 37.4 Å². The lowest BCUT2D eigenvalue weighted by molar-refractivity contribution is -0.118. The van der Waals surface area contributed by atoms with Gasteiger partial charge in [-0.15, -0.1) is 10.2 Å². The third kappa shape index (κ3) is 5.20. The molecule has 0 aliphatic heterocycles. The second-order valence-corrected chi connectivity index (χ2v) is 6.96. The van der Waals surface area contributed by atoms with Crippen molar-refractivity contribution in [3.63, 3.8) is 0 Å². The van der Waals surface area contributed by atoms with E-state index >= 15 is 0 Å². The number of nitrogens with one attached hydrogen (secondary N) is 2. The molecule has 120 valence electrons. The van der Waals surface area contributed by atoms with Crippen molar-refractivity contribution in [1.29, 1.82) is 5.26 Å². The van der Waals surface area contributed by atoms with Gasteiger partial charge in [-0.3, -0.25) is 14.8 Å².